The van der Waals surface area contributed by atoms with Crippen LogP contribution in [0.5, 0.6) is 0 Å². The number of hydrogen-bond acceptors (Lipinski definition) is 5. The standard InChI is InChI=1S/C10H14N6O2/c1-3-8(4-9(17)18)16-10(12-13-14-16)7-5-11-15(2)6-7/h5-6,8H,3-4H2,1-2H3,(H,17,18). The average molecular weight is 250 g/mol. The summed E-state index contributed by atoms with van der Waals surface area (Å²) in [6, 6.07) is -0.257. The van der Waals surface area contributed by atoms with Gasteiger partial charge in [0.15, 0.2) is 5.82 Å². The van der Waals surface area contributed by atoms with Crippen molar-refractivity contribution in [2.75, 3.05) is 0 Å². The number of rotatable bonds is 5. The highest BCUT2D eigenvalue weighted by Gasteiger charge is 2.20. The molecule has 0 aromatic carbocycles. The number of carboxylic acids is 1. The first-order valence-corrected chi connectivity index (χ1v) is 5.60. The third-order valence-corrected chi connectivity index (χ3v) is 2.68. The molecule has 2 rings (SSSR count). The molecular formula is C10H14N6O2. The molecule has 0 spiro atoms. The van der Waals surface area contributed by atoms with Crippen LogP contribution in [0, 0.1) is 0 Å². The van der Waals surface area contributed by atoms with Crippen molar-refractivity contribution in [2.45, 2.75) is 25.8 Å². The quantitative estimate of drug-likeness (QED) is 0.829. The average Bonchev–Trinajstić information content (AvgIpc) is 2.93. The van der Waals surface area contributed by atoms with Gasteiger partial charge in [-0.3, -0.25) is 9.48 Å². The van der Waals surface area contributed by atoms with E-state index in [0.717, 1.165) is 5.56 Å². The number of aliphatic carboxylic acids is 1. The number of hydrogen-bond donors (Lipinski definition) is 1. The van der Waals surface area contributed by atoms with E-state index < -0.39 is 5.97 Å². The topological polar surface area (TPSA) is 98.7 Å². The molecule has 0 amide bonds. The molecule has 0 aliphatic carbocycles. The van der Waals surface area contributed by atoms with Gasteiger partial charge in [-0.15, -0.1) is 5.10 Å². The molecule has 2 aromatic heterocycles. The Balaban J connectivity index is 2.34. The van der Waals surface area contributed by atoms with Gasteiger partial charge in [-0.2, -0.15) is 5.10 Å². The third-order valence-electron chi connectivity index (χ3n) is 2.68. The maximum Gasteiger partial charge on any atom is 0.305 e. The maximum absolute atomic E-state index is 10.8. The molecule has 0 fully saturated rings. The monoisotopic (exact) mass is 250 g/mol. The van der Waals surface area contributed by atoms with Crippen LogP contribution in [0.15, 0.2) is 12.4 Å². The Labute approximate surface area is 103 Å². The summed E-state index contributed by atoms with van der Waals surface area (Å²) in [5, 5.41) is 24.4. The second-order valence-corrected chi connectivity index (χ2v) is 4.01. The maximum atomic E-state index is 10.8. The fourth-order valence-corrected chi connectivity index (χ4v) is 1.77. The summed E-state index contributed by atoms with van der Waals surface area (Å²) in [6.07, 6.45) is 4.07. The zero-order valence-corrected chi connectivity index (χ0v) is 10.2. The summed E-state index contributed by atoms with van der Waals surface area (Å²) in [5.74, 6) is -0.328. The summed E-state index contributed by atoms with van der Waals surface area (Å²) in [4.78, 5) is 10.8. The van der Waals surface area contributed by atoms with Crippen molar-refractivity contribution in [3.05, 3.63) is 12.4 Å². The first kappa shape index (κ1) is 12.2. The zero-order chi connectivity index (χ0) is 13.1. The van der Waals surface area contributed by atoms with E-state index in [2.05, 4.69) is 20.6 Å². The lowest BCUT2D eigenvalue weighted by atomic mass is 10.1. The highest BCUT2D eigenvalue weighted by molar-refractivity contribution is 5.67. The second kappa shape index (κ2) is 4.94. The molecule has 8 nitrogen and oxygen atoms in total. The fourth-order valence-electron chi connectivity index (χ4n) is 1.77. The summed E-state index contributed by atoms with van der Waals surface area (Å²) >= 11 is 0. The highest BCUT2D eigenvalue weighted by Crippen LogP contribution is 2.22. The van der Waals surface area contributed by atoms with Crippen molar-refractivity contribution in [1.82, 2.24) is 30.0 Å². The highest BCUT2D eigenvalue weighted by atomic mass is 16.4. The molecular weight excluding hydrogens is 236 g/mol. The third kappa shape index (κ3) is 2.36. The van der Waals surface area contributed by atoms with Gasteiger partial charge < -0.3 is 5.11 Å². The first-order valence-electron chi connectivity index (χ1n) is 5.60. The molecule has 2 heterocycles. The van der Waals surface area contributed by atoms with E-state index in [0.29, 0.717) is 12.2 Å². The van der Waals surface area contributed by atoms with Crippen LogP contribution in [0.2, 0.25) is 0 Å². The van der Waals surface area contributed by atoms with Crippen LogP contribution >= 0.6 is 0 Å². The van der Waals surface area contributed by atoms with Gasteiger partial charge in [0.1, 0.15) is 0 Å². The smallest absolute Gasteiger partial charge is 0.305 e. The van der Waals surface area contributed by atoms with Crippen LogP contribution < -0.4 is 0 Å². The van der Waals surface area contributed by atoms with Gasteiger partial charge in [-0.1, -0.05) is 6.92 Å². The number of carbonyl (C=O) groups is 1. The van der Waals surface area contributed by atoms with Gasteiger partial charge >= 0.3 is 5.97 Å². The lowest BCUT2D eigenvalue weighted by Gasteiger charge is -2.13. The zero-order valence-electron chi connectivity index (χ0n) is 10.2. The van der Waals surface area contributed by atoms with Crippen molar-refractivity contribution in [3.63, 3.8) is 0 Å². The van der Waals surface area contributed by atoms with E-state index in [-0.39, 0.29) is 12.5 Å². The largest absolute Gasteiger partial charge is 0.481 e. The van der Waals surface area contributed by atoms with Gasteiger partial charge in [0.2, 0.25) is 0 Å². The SMILES string of the molecule is CCC(CC(=O)O)n1nnnc1-c1cnn(C)c1. The van der Waals surface area contributed by atoms with Gasteiger partial charge in [0.25, 0.3) is 0 Å². The Morgan fingerprint density at radius 2 is 2.33 bits per heavy atom. The van der Waals surface area contributed by atoms with E-state index in [1.54, 1.807) is 28.8 Å². The molecule has 0 aliphatic rings. The van der Waals surface area contributed by atoms with E-state index in [1.807, 2.05) is 6.92 Å². The number of tetrazole rings is 1. The predicted molar refractivity (Wildman–Crippen MR) is 61.6 cm³/mol. The van der Waals surface area contributed by atoms with E-state index >= 15 is 0 Å². The Kier molecular flexibility index (Phi) is 3.35. The number of aryl methyl sites for hydroxylation is 1. The molecule has 0 saturated heterocycles. The Hall–Kier alpha value is -2.25. The van der Waals surface area contributed by atoms with Crippen LogP contribution in [0.25, 0.3) is 11.4 Å². The molecule has 0 aliphatic heterocycles. The summed E-state index contributed by atoms with van der Waals surface area (Å²) < 4.78 is 3.19. The number of aromatic nitrogens is 6. The minimum absolute atomic E-state index is 0.00516. The molecule has 8 heteroatoms. The molecule has 1 atom stereocenters. The van der Waals surface area contributed by atoms with Crippen molar-refractivity contribution in [2.24, 2.45) is 7.05 Å². The Bertz CT molecular complexity index is 546. The molecule has 1 unspecified atom stereocenters. The molecule has 2 aromatic rings. The van der Waals surface area contributed by atoms with E-state index in [1.165, 1.54) is 0 Å². The van der Waals surface area contributed by atoms with Gasteiger partial charge in [-0.25, -0.2) is 4.68 Å². The molecule has 96 valence electrons. The van der Waals surface area contributed by atoms with E-state index in [9.17, 15) is 4.79 Å². The predicted octanol–water partition coefficient (Wildman–Crippen LogP) is 0.499. The van der Waals surface area contributed by atoms with Gasteiger partial charge in [0, 0.05) is 13.2 Å². The van der Waals surface area contributed by atoms with Crippen LogP contribution in [0.3, 0.4) is 0 Å². The number of nitrogens with zero attached hydrogens (tertiary/aromatic N) is 6. The van der Waals surface area contributed by atoms with Gasteiger partial charge in [0.05, 0.1) is 24.2 Å². The molecule has 18 heavy (non-hydrogen) atoms. The second-order valence-electron chi connectivity index (χ2n) is 4.01. The van der Waals surface area contributed by atoms with Crippen LogP contribution in [0.1, 0.15) is 25.8 Å². The van der Waals surface area contributed by atoms with Crippen LogP contribution in [-0.4, -0.2) is 41.1 Å². The van der Waals surface area contributed by atoms with Crippen molar-refractivity contribution in [1.29, 1.82) is 0 Å². The normalized spacial score (nSPS) is 12.6. The van der Waals surface area contributed by atoms with Crippen LogP contribution in [-0.2, 0) is 11.8 Å². The Morgan fingerprint density at radius 3 is 2.89 bits per heavy atom. The minimum Gasteiger partial charge on any atom is -0.481 e. The first-order chi connectivity index (χ1) is 8.61. The van der Waals surface area contributed by atoms with Crippen LogP contribution in [0.4, 0.5) is 0 Å². The summed E-state index contributed by atoms with van der Waals surface area (Å²) in [7, 11) is 1.80. The number of carboxylic acid groups (broad SMARTS) is 1. The molecule has 0 bridgehead atoms. The van der Waals surface area contributed by atoms with Crippen molar-refractivity contribution in [3.8, 4) is 11.4 Å². The summed E-state index contributed by atoms with van der Waals surface area (Å²) in [6.45, 7) is 1.91. The minimum atomic E-state index is -0.866. The fraction of sp³-hybridized carbons (Fsp3) is 0.500. The molecule has 0 radical (unpaired) electrons. The Morgan fingerprint density at radius 1 is 1.56 bits per heavy atom. The molecule has 1 N–H and O–H groups in total. The summed E-state index contributed by atoms with van der Waals surface area (Å²) in [5.41, 5.74) is 0.770. The lowest BCUT2D eigenvalue weighted by molar-refractivity contribution is -0.138. The van der Waals surface area contributed by atoms with Crippen molar-refractivity contribution >= 4 is 5.97 Å². The van der Waals surface area contributed by atoms with Crippen molar-refractivity contribution < 1.29 is 9.90 Å². The van der Waals surface area contributed by atoms with Gasteiger partial charge in [-0.05, 0) is 16.8 Å². The lowest BCUT2D eigenvalue weighted by Crippen LogP contribution is -2.15. The molecule has 0 saturated carbocycles. The van der Waals surface area contributed by atoms with E-state index in [4.69, 9.17) is 5.11 Å².